The first-order valence-electron chi connectivity index (χ1n) is 9.72. The van der Waals surface area contributed by atoms with Gasteiger partial charge in [-0.15, -0.1) is 0 Å². The molecule has 0 fully saturated rings. The Morgan fingerprint density at radius 1 is 1.11 bits per heavy atom. The Morgan fingerprint density at radius 2 is 1.74 bits per heavy atom. The molecule has 0 aromatic heterocycles. The molecule has 0 unspecified atom stereocenters. The molecule has 0 aromatic carbocycles. The van der Waals surface area contributed by atoms with E-state index in [1.54, 1.807) is 13.8 Å². The highest BCUT2D eigenvalue weighted by molar-refractivity contribution is 7.80. The lowest BCUT2D eigenvalue weighted by Gasteiger charge is -2.31. The molecule has 0 spiro atoms. The van der Waals surface area contributed by atoms with E-state index in [0.717, 1.165) is 30.6 Å². The smallest absolute Gasteiger partial charge is 0.258 e. The number of imide groups is 1. The highest BCUT2D eigenvalue weighted by Crippen LogP contribution is 2.22. The van der Waals surface area contributed by atoms with E-state index in [4.69, 9.17) is 0 Å². The van der Waals surface area contributed by atoms with Crippen LogP contribution >= 0.6 is 12.6 Å². The summed E-state index contributed by atoms with van der Waals surface area (Å²) < 4.78 is 0. The predicted octanol–water partition coefficient (Wildman–Crippen LogP) is 1.52. The van der Waals surface area contributed by atoms with E-state index in [1.807, 2.05) is 0 Å². The van der Waals surface area contributed by atoms with E-state index in [1.165, 1.54) is 0 Å². The summed E-state index contributed by atoms with van der Waals surface area (Å²) in [6, 6.07) is 0. The molecule has 0 saturated carbocycles. The van der Waals surface area contributed by atoms with Crippen LogP contribution in [0.25, 0.3) is 0 Å². The zero-order chi connectivity index (χ0) is 20.9. The molecule has 0 aliphatic heterocycles. The maximum atomic E-state index is 12.7. The van der Waals surface area contributed by atoms with Gasteiger partial charge in [-0.1, -0.05) is 46.5 Å². The number of carbonyl (C=O) groups excluding carboxylic acids is 3. The molecule has 7 nitrogen and oxygen atoms in total. The molecule has 0 radical (unpaired) electrons. The van der Waals surface area contributed by atoms with Crippen molar-refractivity contribution >= 4 is 30.4 Å². The average molecular weight is 405 g/mol. The molecule has 0 heterocycles. The van der Waals surface area contributed by atoms with E-state index in [-0.39, 0.29) is 25.3 Å². The number of amides is 3. The van der Waals surface area contributed by atoms with Crippen molar-refractivity contribution in [3.05, 3.63) is 0 Å². The summed E-state index contributed by atoms with van der Waals surface area (Å²) >= 11 is 4.01. The van der Waals surface area contributed by atoms with Crippen LogP contribution in [0.4, 0.5) is 0 Å². The molecule has 3 N–H and O–H groups in total. The molecule has 0 saturated heterocycles. The Morgan fingerprint density at radius 3 is 2.30 bits per heavy atom. The summed E-state index contributed by atoms with van der Waals surface area (Å²) in [5.41, 5.74) is -1.08. The number of hydrogen-bond donors (Lipinski definition) is 4. The van der Waals surface area contributed by atoms with Gasteiger partial charge in [0.1, 0.15) is 6.10 Å². The normalized spacial score (nSPS) is 12.5. The first-order chi connectivity index (χ1) is 12.7. The highest BCUT2D eigenvalue weighted by atomic mass is 32.1. The highest BCUT2D eigenvalue weighted by Gasteiger charge is 2.37. The summed E-state index contributed by atoms with van der Waals surface area (Å²) in [4.78, 5) is 38.0. The Balaban J connectivity index is 4.95. The third-order valence-electron chi connectivity index (χ3n) is 4.44. The van der Waals surface area contributed by atoms with Crippen LogP contribution in [0.1, 0.15) is 65.7 Å². The van der Waals surface area contributed by atoms with Crippen molar-refractivity contribution in [1.82, 2.24) is 10.2 Å². The fourth-order valence-corrected chi connectivity index (χ4v) is 2.55. The molecule has 0 bridgehead atoms. The monoisotopic (exact) mass is 404 g/mol. The van der Waals surface area contributed by atoms with Crippen molar-refractivity contribution in [3.63, 3.8) is 0 Å². The number of carbonyl (C=O) groups is 3. The number of rotatable bonds is 14. The van der Waals surface area contributed by atoms with Crippen molar-refractivity contribution < 1.29 is 24.6 Å². The van der Waals surface area contributed by atoms with Gasteiger partial charge in [0.2, 0.25) is 11.8 Å². The molecule has 27 heavy (non-hydrogen) atoms. The van der Waals surface area contributed by atoms with Crippen LogP contribution in [0.15, 0.2) is 0 Å². The Kier molecular flexibility index (Phi) is 13.4. The lowest BCUT2D eigenvalue weighted by molar-refractivity contribution is -0.156. The Hall–Kier alpha value is -1.12. The summed E-state index contributed by atoms with van der Waals surface area (Å²) in [5, 5.41) is 22.3. The molecule has 0 aliphatic carbocycles. The topological polar surface area (TPSA) is 107 Å². The largest absolute Gasteiger partial charge is 0.396 e. The van der Waals surface area contributed by atoms with Crippen LogP contribution in [0.3, 0.4) is 0 Å². The van der Waals surface area contributed by atoms with Crippen molar-refractivity contribution in [2.75, 3.05) is 25.4 Å². The Labute approximate surface area is 168 Å². The van der Waals surface area contributed by atoms with Crippen molar-refractivity contribution in [2.45, 2.75) is 71.8 Å². The van der Waals surface area contributed by atoms with Crippen molar-refractivity contribution in [2.24, 2.45) is 5.41 Å². The minimum atomic E-state index is -1.52. The van der Waals surface area contributed by atoms with Crippen LogP contribution in [-0.4, -0.2) is 64.4 Å². The van der Waals surface area contributed by atoms with Gasteiger partial charge in [0.05, 0.1) is 6.61 Å². The third-order valence-corrected chi connectivity index (χ3v) is 4.66. The van der Waals surface area contributed by atoms with Gasteiger partial charge in [0.25, 0.3) is 5.91 Å². The molecular weight excluding hydrogens is 368 g/mol. The zero-order valence-electron chi connectivity index (χ0n) is 16.9. The fourth-order valence-electron chi connectivity index (χ4n) is 2.44. The minimum Gasteiger partial charge on any atom is -0.396 e. The first kappa shape index (κ1) is 25.9. The van der Waals surface area contributed by atoms with Crippen molar-refractivity contribution in [3.8, 4) is 0 Å². The van der Waals surface area contributed by atoms with Gasteiger partial charge in [-0.3, -0.25) is 19.3 Å². The van der Waals surface area contributed by atoms with E-state index in [2.05, 4.69) is 24.9 Å². The second kappa shape index (κ2) is 14.0. The van der Waals surface area contributed by atoms with Gasteiger partial charge in [0, 0.05) is 37.1 Å². The van der Waals surface area contributed by atoms with Crippen LogP contribution in [0.2, 0.25) is 0 Å². The van der Waals surface area contributed by atoms with Gasteiger partial charge in [-0.25, -0.2) is 0 Å². The maximum absolute atomic E-state index is 12.7. The van der Waals surface area contributed by atoms with E-state index in [0.29, 0.717) is 18.7 Å². The molecule has 0 rings (SSSR count). The van der Waals surface area contributed by atoms with E-state index >= 15 is 0 Å². The van der Waals surface area contributed by atoms with Gasteiger partial charge in [0.15, 0.2) is 0 Å². The molecule has 0 aliphatic rings. The second-order valence-corrected chi connectivity index (χ2v) is 7.87. The summed E-state index contributed by atoms with van der Waals surface area (Å²) in [5.74, 6) is -0.955. The molecule has 0 aromatic rings. The zero-order valence-corrected chi connectivity index (χ0v) is 17.8. The molecular formula is C19H36N2O5S. The number of thiol groups is 1. The fraction of sp³-hybridized carbons (Fsp3) is 0.842. The maximum Gasteiger partial charge on any atom is 0.258 e. The predicted molar refractivity (Wildman–Crippen MR) is 108 cm³/mol. The number of aliphatic hydroxyl groups is 2. The summed E-state index contributed by atoms with van der Waals surface area (Å²) in [6.45, 7) is 5.10. The Bertz CT molecular complexity index is 471. The van der Waals surface area contributed by atoms with Crippen LogP contribution < -0.4 is 5.32 Å². The SMILES string of the molecule is CCCCCCCC(=O)N(CCC(=O)NCCS)C(=O)[C@H](O)C(C)(C)CO. The van der Waals surface area contributed by atoms with E-state index in [9.17, 15) is 24.6 Å². The van der Waals surface area contributed by atoms with Gasteiger partial charge in [-0.2, -0.15) is 12.6 Å². The van der Waals surface area contributed by atoms with Crippen LogP contribution in [-0.2, 0) is 14.4 Å². The van der Waals surface area contributed by atoms with E-state index < -0.39 is 29.9 Å². The summed E-state index contributed by atoms with van der Waals surface area (Å²) in [6.07, 6.45) is 3.43. The molecule has 8 heteroatoms. The number of hydrogen-bond acceptors (Lipinski definition) is 6. The standard InChI is InChI=1S/C19H36N2O5S/c1-4-5-6-7-8-9-16(24)21(12-10-15(23)20-11-13-27)18(26)17(25)19(2,3)14-22/h17,22,25,27H,4-14H2,1-3H3,(H,20,23)/t17-/m0/s1. The van der Waals surface area contributed by atoms with Gasteiger partial charge >= 0.3 is 0 Å². The van der Waals surface area contributed by atoms with Gasteiger partial charge < -0.3 is 15.5 Å². The molecule has 158 valence electrons. The lowest BCUT2D eigenvalue weighted by Crippen LogP contribution is -2.50. The first-order valence-corrected chi connectivity index (χ1v) is 10.3. The van der Waals surface area contributed by atoms with Crippen LogP contribution in [0, 0.1) is 5.41 Å². The molecule has 3 amide bonds. The van der Waals surface area contributed by atoms with Crippen molar-refractivity contribution in [1.29, 1.82) is 0 Å². The number of aliphatic hydroxyl groups excluding tert-OH is 2. The van der Waals surface area contributed by atoms with Gasteiger partial charge in [-0.05, 0) is 6.42 Å². The second-order valence-electron chi connectivity index (χ2n) is 7.42. The number of nitrogens with zero attached hydrogens (tertiary/aromatic N) is 1. The van der Waals surface area contributed by atoms with Crippen LogP contribution in [0.5, 0.6) is 0 Å². The minimum absolute atomic E-state index is 0.0344. The number of nitrogens with one attached hydrogen (secondary N) is 1. The number of unbranched alkanes of at least 4 members (excludes halogenated alkanes) is 4. The lowest BCUT2D eigenvalue weighted by atomic mass is 9.86. The quantitative estimate of drug-likeness (QED) is 0.259. The summed E-state index contributed by atoms with van der Waals surface area (Å²) in [7, 11) is 0. The average Bonchev–Trinajstić information content (AvgIpc) is 2.65. The molecule has 1 atom stereocenters. The third kappa shape index (κ3) is 10.1.